The highest BCUT2D eigenvalue weighted by Crippen LogP contribution is 1.87. The molecule has 0 bridgehead atoms. The molecule has 1 heterocycles. The summed E-state index contributed by atoms with van der Waals surface area (Å²) in [6.45, 7) is 2.57. The Labute approximate surface area is 65.2 Å². The third kappa shape index (κ3) is 2.89. The highest BCUT2D eigenvalue weighted by molar-refractivity contribution is 5.85. The predicted molar refractivity (Wildman–Crippen MR) is 41.1 cm³/mol. The number of rotatable bonds is 1. The number of halogens is 1. The average Bonchev–Trinajstić information content (AvgIpc) is 1.91. The van der Waals surface area contributed by atoms with Crippen LogP contribution < -0.4 is 10.6 Å². The monoisotopic (exact) mass is 163 g/mol. The van der Waals surface area contributed by atoms with Crippen LogP contribution in [0.3, 0.4) is 0 Å². The van der Waals surface area contributed by atoms with Crippen LogP contribution in [0.2, 0.25) is 0 Å². The minimum Gasteiger partial charge on any atom is -0.314 e. The zero-order valence-electron chi connectivity index (χ0n) is 5.45. The van der Waals surface area contributed by atoms with Gasteiger partial charge in [0.2, 0.25) is 0 Å². The molecule has 0 amide bonds. The molecule has 1 aliphatic heterocycles. The molecule has 0 unspecified atom stereocenters. The van der Waals surface area contributed by atoms with E-state index >= 15 is 0 Å². The van der Waals surface area contributed by atoms with Crippen LogP contribution in [0.4, 0.5) is 0 Å². The second-order valence-electron chi connectivity index (χ2n) is 1.88. The molecule has 1 fully saturated rings. The Hall–Kier alpha value is -0.480. The van der Waals surface area contributed by atoms with Crippen molar-refractivity contribution in [2.45, 2.75) is 6.17 Å². The lowest BCUT2D eigenvalue weighted by atomic mass is 10.4. The number of hydrogen-bond donors (Lipinski definition) is 2. The molecular formula is C4H10ClN5. The summed E-state index contributed by atoms with van der Waals surface area (Å²) in [5.41, 5.74) is 8.01. The van der Waals surface area contributed by atoms with Crippen molar-refractivity contribution in [2.24, 2.45) is 5.11 Å². The van der Waals surface area contributed by atoms with Gasteiger partial charge in [-0.15, -0.1) is 12.4 Å². The summed E-state index contributed by atoms with van der Waals surface area (Å²) in [7, 11) is 0. The Morgan fingerprint density at radius 2 is 2.30 bits per heavy atom. The van der Waals surface area contributed by atoms with E-state index in [0.29, 0.717) is 0 Å². The first kappa shape index (κ1) is 9.52. The first-order chi connectivity index (χ1) is 4.43. The third-order valence-corrected chi connectivity index (χ3v) is 1.21. The van der Waals surface area contributed by atoms with Gasteiger partial charge in [-0.3, -0.25) is 0 Å². The fourth-order valence-corrected chi connectivity index (χ4v) is 0.782. The molecule has 1 atom stereocenters. The smallest absolute Gasteiger partial charge is 0.0987 e. The fourth-order valence-electron chi connectivity index (χ4n) is 0.782. The van der Waals surface area contributed by atoms with Crippen molar-refractivity contribution in [1.29, 1.82) is 0 Å². The van der Waals surface area contributed by atoms with E-state index in [1.807, 2.05) is 0 Å². The molecule has 10 heavy (non-hydrogen) atoms. The highest BCUT2D eigenvalue weighted by atomic mass is 35.5. The molecule has 0 spiro atoms. The number of nitrogens with zero attached hydrogens (tertiary/aromatic N) is 3. The summed E-state index contributed by atoms with van der Waals surface area (Å²) in [6, 6.07) is 0. The molecule has 0 aromatic rings. The third-order valence-electron chi connectivity index (χ3n) is 1.21. The van der Waals surface area contributed by atoms with Crippen molar-refractivity contribution < 1.29 is 0 Å². The first-order valence-electron chi connectivity index (χ1n) is 2.92. The van der Waals surface area contributed by atoms with Crippen LogP contribution in [0.5, 0.6) is 0 Å². The van der Waals surface area contributed by atoms with Gasteiger partial charge in [-0.25, -0.2) is 0 Å². The number of nitrogens with one attached hydrogen (secondary N) is 2. The quantitative estimate of drug-likeness (QED) is 0.330. The molecule has 1 saturated heterocycles. The number of hydrogen-bond acceptors (Lipinski definition) is 3. The van der Waals surface area contributed by atoms with Gasteiger partial charge in [-0.05, 0) is 5.53 Å². The molecule has 2 N–H and O–H groups in total. The van der Waals surface area contributed by atoms with Gasteiger partial charge in [-0.2, -0.15) is 0 Å². The summed E-state index contributed by atoms with van der Waals surface area (Å²) in [6.07, 6.45) is -0.0521. The molecule has 6 heteroatoms. The van der Waals surface area contributed by atoms with Crippen molar-refractivity contribution in [2.75, 3.05) is 19.6 Å². The van der Waals surface area contributed by atoms with Gasteiger partial charge in [0.15, 0.2) is 0 Å². The lowest BCUT2D eigenvalue weighted by Gasteiger charge is -2.19. The van der Waals surface area contributed by atoms with E-state index in [-0.39, 0.29) is 18.6 Å². The van der Waals surface area contributed by atoms with Gasteiger partial charge < -0.3 is 10.6 Å². The molecule has 0 radical (unpaired) electrons. The molecule has 1 rings (SSSR count). The topological polar surface area (TPSA) is 72.8 Å². The van der Waals surface area contributed by atoms with Gasteiger partial charge in [-0.1, -0.05) is 5.11 Å². The van der Waals surface area contributed by atoms with Gasteiger partial charge in [0.1, 0.15) is 0 Å². The highest BCUT2D eigenvalue weighted by Gasteiger charge is 2.07. The fraction of sp³-hybridized carbons (Fsp3) is 1.00. The zero-order valence-corrected chi connectivity index (χ0v) is 6.27. The Bertz CT molecular complexity index is 126. The molecule has 0 aromatic carbocycles. The summed E-state index contributed by atoms with van der Waals surface area (Å²) in [5, 5.41) is 9.62. The van der Waals surface area contributed by atoms with Crippen LogP contribution in [0.25, 0.3) is 10.4 Å². The second-order valence-corrected chi connectivity index (χ2v) is 1.88. The van der Waals surface area contributed by atoms with Crippen LogP contribution in [-0.2, 0) is 0 Å². The molecular weight excluding hydrogens is 154 g/mol. The first-order valence-corrected chi connectivity index (χ1v) is 2.92. The Balaban J connectivity index is 0.000000810. The van der Waals surface area contributed by atoms with Gasteiger partial charge in [0.25, 0.3) is 0 Å². The number of piperazine rings is 1. The van der Waals surface area contributed by atoms with E-state index in [1.165, 1.54) is 0 Å². The zero-order chi connectivity index (χ0) is 6.53. The van der Waals surface area contributed by atoms with Crippen molar-refractivity contribution >= 4 is 12.4 Å². The Morgan fingerprint density at radius 1 is 1.50 bits per heavy atom. The maximum Gasteiger partial charge on any atom is 0.0987 e. The largest absolute Gasteiger partial charge is 0.314 e. The average molecular weight is 164 g/mol. The van der Waals surface area contributed by atoms with E-state index in [9.17, 15) is 0 Å². The molecule has 58 valence electrons. The van der Waals surface area contributed by atoms with E-state index in [2.05, 4.69) is 20.7 Å². The maximum atomic E-state index is 8.01. The standard InChI is InChI=1S/C4H9N5.ClH/c5-9-8-4-3-6-1-2-7-4;/h4,6-7H,1-3H2;1H/t4-;/m1./s1. The SMILES string of the molecule is Cl.[N-]=[N+]=N[C@@H]1CNCCN1. The van der Waals surface area contributed by atoms with Gasteiger partial charge in [0, 0.05) is 24.5 Å². The van der Waals surface area contributed by atoms with Crippen molar-refractivity contribution in [1.82, 2.24) is 10.6 Å². The van der Waals surface area contributed by atoms with E-state index < -0.39 is 0 Å². The summed E-state index contributed by atoms with van der Waals surface area (Å²) in [4.78, 5) is 2.68. The van der Waals surface area contributed by atoms with Crippen molar-refractivity contribution in [3.8, 4) is 0 Å². The molecule has 1 aliphatic rings. The molecule has 0 aromatic heterocycles. The Morgan fingerprint density at radius 3 is 2.80 bits per heavy atom. The van der Waals surface area contributed by atoms with Crippen LogP contribution in [0, 0.1) is 0 Å². The maximum absolute atomic E-state index is 8.01. The summed E-state index contributed by atoms with van der Waals surface area (Å²) < 4.78 is 0. The predicted octanol–water partition coefficient (Wildman–Crippen LogP) is 0.237. The van der Waals surface area contributed by atoms with Crippen LogP contribution >= 0.6 is 12.4 Å². The lowest BCUT2D eigenvalue weighted by Crippen LogP contribution is -2.46. The van der Waals surface area contributed by atoms with Crippen LogP contribution in [0.15, 0.2) is 5.11 Å². The Kier molecular flexibility index (Phi) is 5.06. The molecule has 5 nitrogen and oxygen atoms in total. The normalized spacial score (nSPS) is 24.2. The second kappa shape index (κ2) is 5.32. The lowest BCUT2D eigenvalue weighted by molar-refractivity contribution is 0.427. The minimum atomic E-state index is -0.0521. The molecule has 0 saturated carbocycles. The van der Waals surface area contributed by atoms with E-state index in [0.717, 1.165) is 19.6 Å². The number of azide groups is 1. The molecule has 0 aliphatic carbocycles. The van der Waals surface area contributed by atoms with E-state index in [4.69, 9.17) is 5.53 Å². The van der Waals surface area contributed by atoms with Crippen LogP contribution in [0.1, 0.15) is 0 Å². The van der Waals surface area contributed by atoms with Crippen molar-refractivity contribution in [3.05, 3.63) is 10.4 Å². The van der Waals surface area contributed by atoms with Gasteiger partial charge >= 0.3 is 0 Å². The van der Waals surface area contributed by atoms with Gasteiger partial charge in [0.05, 0.1) is 6.17 Å². The minimum absolute atomic E-state index is 0. The van der Waals surface area contributed by atoms with Crippen LogP contribution in [-0.4, -0.2) is 25.8 Å². The van der Waals surface area contributed by atoms with E-state index in [1.54, 1.807) is 0 Å². The summed E-state index contributed by atoms with van der Waals surface area (Å²) in [5.74, 6) is 0. The summed E-state index contributed by atoms with van der Waals surface area (Å²) >= 11 is 0. The van der Waals surface area contributed by atoms with Crippen molar-refractivity contribution in [3.63, 3.8) is 0 Å².